The zero-order chi connectivity index (χ0) is 19.1. The quantitative estimate of drug-likeness (QED) is 0.458. The minimum atomic E-state index is -0.00656. The molecule has 27 heavy (non-hydrogen) atoms. The molecule has 0 bridgehead atoms. The van der Waals surface area contributed by atoms with E-state index < -0.39 is 0 Å². The van der Waals surface area contributed by atoms with E-state index in [0.29, 0.717) is 5.92 Å². The molecule has 0 aliphatic heterocycles. The Kier molecular flexibility index (Phi) is 5.27. The van der Waals surface area contributed by atoms with Crippen molar-refractivity contribution in [2.45, 2.75) is 63.6 Å². The highest BCUT2D eigenvalue weighted by Gasteiger charge is 2.26. The molecule has 7 heteroatoms. The van der Waals surface area contributed by atoms with Gasteiger partial charge in [0.25, 0.3) is 0 Å². The third kappa shape index (κ3) is 3.19. The minimum Gasteiger partial charge on any atom is -0.394 e. The highest BCUT2D eigenvalue weighted by molar-refractivity contribution is 7.98. The predicted octanol–water partition coefficient (Wildman–Crippen LogP) is 4.76. The van der Waals surface area contributed by atoms with Crippen molar-refractivity contribution in [3.63, 3.8) is 0 Å². The number of fused-ring (bicyclic) bond motifs is 5. The summed E-state index contributed by atoms with van der Waals surface area (Å²) >= 11 is 3.23. The number of anilines is 1. The summed E-state index contributed by atoms with van der Waals surface area (Å²) in [6.45, 7) is 6.61. The van der Waals surface area contributed by atoms with Crippen LogP contribution in [0.15, 0.2) is 5.16 Å². The number of pyridine rings is 1. The average Bonchev–Trinajstić information content (AvgIpc) is 3.28. The maximum atomic E-state index is 9.63. The summed E-state index contributed by atoms with van der Waals surface area (Å²) in [5.41, 5.74) is 5.15. The summed E-state index contributed by atoms with van der Waals surface area (Å²) in [4.78, 5) is 15.7. The van der Waals surface area contributed by atoms with Crippen molar-refractivity contribution in [1.82, 2.24) is 15.0 Å². The number of aliphatic hydroxyl groups excluding tert-OH is 1. The summed E-state index contributed by atoms with van der Waals surface area (Å²) in [6.07, 6.45) is 6.27. The van der Waals surface area contributed by atoms with Gasteiger partial charge in [-0.2, -0.15) is 0 Å². The van der Waals surface area contributed by atoms with Crippen LogP contribution in [-0.4, -0.2) is 39.0 Å². The lowest BCUT2D eigenvalue weighted by Gasteiger charge is -2.15. The molecule has 4 rings (SSSR count). The van der Waals surface area contributed by atoms with Gasteiger partial charge < -0.3 is 10.4 Å². The predicted molar refractivity (Wildman–Crippen MR) is 115 cm³/mol. The summed E-state index contributed by atoms with van der Waals surface area (Å²) in [7, 11) is 0. The van der Waals surface area contributed by atoms with E-state index in [1.165, 1.54) is 28.6 Å². The van der Waals surface area contributed by atoms with Crippen LogP contribution in [0.25, 0.3) is 20.4 Å². The molecule has 0 unspecified atom stereocenters. The van der Waals surface area contributed by atoms with Gasteiger partial charge in [0.15, 0.2) is 5.16 Å². The summed E-state index contributed by atoms with van der Waals surface area (Å²) in [6, 6.07) is -0.00656. The standard InChI is InChI=1S/C20H26N4OS2/c1-5-11(9-25)21-18-17-16(23-20(24-18)26-4)14-12-7-6-8-13(12)15(10(2)3)22-19(14)27-17/h10-11,25H,5-9H2,1-4H3,(H,21,23,24)/t11-/m0/s1. The van der Waals surface area contributed by atoms with Crippen LogP contribution in [0.2, 0.25) is 0 Å². The van der Waals surface area contributed by atoms with E-state index in [4.69, 9.17) is 15.0 Å². The van der Waals surface area contributed by atoms with Gasteiger partial charge in [-0.05, 0) is 49.0 Å². The van der Waals surface area contributed by atoms with Crippen LogP contribution in [0, 0.1) is 0 Å². The third-order valence-electron chi connectivity index (χ3n) is 5.33. The van der Waals surface area contributed by atoms with Crippen molar-refractivity contribution in [3.05, 3.63) is 16.8 Å². The van der Waals surface area contributed by atoms with E-state index in [-0.39, 0.29) is 12.6 Å². The van der Waals surface area contributed by atoms with Crippen molar-refractivity contribution in [2.75, 3.05) is 18.2 Å². The molecule has 3 heterocycles. The molecule has 0 spiro atoms. The lowest BCUT2D eigenvalue weighted by molar-refractivity contribution is 0.271. The van der Waals surface area contributed by atoms with Gasteiger partial charge in [0.2, 0.25) is 0 Å². The van der Waals surface area contributed by atoms with Gasteiger partial charge in [0.1, 0.15) is 10.6 Å². The number of aryl methyl sites for hydroxylation is 1. The molecule has 1 aliphatic carbocycles. The number of aromatic nitrogens is 3. The number of nitrogens with zero attached hydrogens (tertiary/aromatic N) is 3. The van der Waals surface area contributed by atoms with E-state index in [9.17, 15) is 5.11 Å². The number of nitrogens with one attached hydrogen (secondary N) is 1. The molecule has 144 valence electrons. The molecule has 0 fully saturated rings. The summed E-state index contributed by atoms with van der Waals surface area (Å²) < 4.78 is 1.05. The first-order valence-electron chi connectivity index (χ1n) is 9.64. The van der Waals surface area contributed by atoms with Crippen LogP contribution in [0.1, 0.15) is 56.4 Å². The molecule has 0 radical (unpaired) electrons. The first-order chi connectivity index (χ1) is 13.1. The molecule has 0 amide bonds. The number of hydrogen-bond acceptors (Lipinski definition) is 7. The molecule has 0 saturated carbocycles. The van der Waals surface area contributed by atoms with Crippen LogP contribution < -0.4 is 5.32 Å². The second-order valence-electron chi connectivity index (χ2n) is 7.41. The van der Waals surface area contributed by atoms with Crippen molar-refractivity contribution in [2.24, 2.45) is 0 Å². The second kappa shape index (κ2) is 7.53. The first kappa shape index (κ1) is 18.9. The van der Waals surface area contributed by atoms with E-state index in [1.807, 2.05) is 6.26 Å². The van der Waals surface area contributed by atoms with Crippen molar-refractivity contribution >= 4 is 49.3 Å². The zero-order valence-corrected chi connectivity index (χ0v) is 17.9. The lowest BCUT2D eigenvalue weighted by Crippen LogP contribution is -2.23. The number of thioether (sulfide) groups is 1. The van der Waals surface area contributed by atoms with Gasteiger partial charge in [0.05, 0.1) is 22.9 Å². The Morgan fingerprint density at radius 2 is 1.96 bits per heavy atom. The molecule has 1 atom stereocenters. The average molecular weight is 403 g/mol. The van der Waals surface area contributed by atoms with Gasteiger partial charge in [-0.25, -0.2) is 15.0 Å². The molecule has 3 aromatic heterocycles. The van der Waals surface area contributed by atoms with Crippen molar-refractivity contribution in [3.8, 4) is 0 Å². The lowest BCUT2D eigenvalue weighted by atomic mass is 9.99. The molecule has 5 nitrogen and oxygen atoms in total. The number of aliphatic hydroxyl groups is 1. The third-order valence-corrected chi connectivity index (χ3v) is 6.96. The van der Waals surface area contributed by atoms with Gasteiger partial charge in [-0.3, -0.25) is 0 Å². The van der Waals surface area contributed by atoms with Gasteiger partial charge in [0, 0.05) is 11.1 Å². The SMILES string of the molecule is CC[C@@H](CO)Nc1nc(SC)nc2c1sc1nc(C(C)C)c3c(c12)CCC3. The van der Waals surface area contributed by atoms with E-state index in [1.54, 1.807) is 23.1 Å². The fourth-order valence-electron chi connectivity index (χ4n) is 3.91. The van der Waals surface area contributed by atoms with E-state index >= 15 is 0 Å². The van der Waals surface area contributed by atoms with Crippen molar-refractivity contribution < 1.29 is 5.11 Å². The van der Waals surface area contributed by atoms with Crippen LogP contribution in [0.5, 0.6) is 0 Å². The Balaban J connectivity index is 2.01. The smallest absolute Gasteiger partial charge is 0.189 e. The highest BCUT2D eigenvalue weighted by atomic mass is 32.2. The number of rotatable bonds is 6. The van der Waals surface area contributed by atoms with Crippen LogP contribution in [-0.2, 0) is 12.8 Å². The largest absolute Gasteiger partial charge is 0.394 e. The molecule has 1 aliphatic rings. The van der Waals surface area contributed by atoms with Crippen LogP contribution in [0.3, 0.4) is 0 Å². The molecule has 0 aromatic carbocycles. The molecule has 3 aromatic rings. The Bertz CT molecular complexity index is 995. The van der Waals surface area contributed by atoms with Crippen LogP contribution >= 0.6 is 23.1 Å². The first-order valence-corrected chi connectivity index (χ1v) is 11.7. The Hall–Kier alpha value is -1.44. The summed E-state index contributed by atoms with van der Waals surface area (Å²) in [5.74, 6) is 1.25. The topological polar surface area (TPSA) is 70.9 Å². The van der Waals surface area contributed by atoms with E-state index in [0.717, 1.165) is 45.3 Å². The van der Waals surface area contributed by atoms with Crippen LogP contribution in [0.4, 0.5) is 5.82 Å². The summed E-state index contributed by atoms with van der Waals surface area (Å²) in [5, 5.41) is 15.0. The molecular formula is C20H26N4OS2. The monoisotopic (exact) mass is 402 g/mol. The fraction of sp³-hybridized carbons (Fsp3) is 0.550. The Morgan fingerprint density at radius 3 is 2.63 bits per heavy atom. The van der Waals surface area contributed by atoms with E-state index in [2.05, 4.69) is 26.1 Å². The van der Waals surface area contributed by atoms with Gasteiger partial charge >= 0.3 is 0 Å². The maximum Gasteiger partial charge on any atom is 0.189 e. The maximum absolute atomic E-state index is 9.63. The number of hydrogen-bond donors (Lipinski definition) is 2. The Labute approximate surface area is 168 Å². The molecular weight excluding hydrogens is 376 g/mol. The van der Waals surface area contributed by atoms with Gasteiger partial charge in [-0.1, -0.05) is 32.5 Å². The zero-order valence-electron chi connectivity index (χ0n) is 16.3. The Morgan fingerprint density at radius 1 is 1.19 bits per heavy atom. The van der Waals surface area contributed by atoms with Crippen molar-refractivity contribution in [1.29, 1.82) is 0 Å². The fourth-order valence-corrected chi connectivity index (χ4v) is 5.38. The number of thiophene rings is 1. The highest BCUT2D eigenvalue weighted by Crippen LogP contribution is 2.43. The second-order valence-corrected chi connectivity index (χ2v) is 9.19. The molecule has 0 saturated heterocycles. The van der Waals surface area contributed by atoms with Gasteiger partial charge in [-0.15, -0.1) is 11.3 Å². The minimum absolute atomic E-state index is 0.00656. The normalized spacial score (nSPS) is 15.0. The molecule has 2 N–H and O–H groups in total.